The van der Waals surface area contributed by atoms with Crippen LogP contribution in [0.1, 0.15) is 41.5 Å². The SMILES string of the molecule is CB(OC(C)(C)C(C)(C)O)c1cccc(OCC(=O)NC(C)C)c1. The molecule has 0 aliphatic rings. The molecule has 0 aromatic heterocycles. The van der Waals surface area contributed by atoms with E-state index in [0.29, 0.717) is 5.75 Å². The predicted molar refractivity (Wildman–Crippen MR) is 97.9 cm³/mol. The molecule has 134 valence electrons. The molecule has 6 heteroatoms. The molecule has 0 radical (unpaired) electrons. The highest BCUT2D eigenvalue weighted by Gasteiger charge is 2.38. The van der Waals surface area contributed by atoms with Crippen molar-refractivity contribution in [2.45, 2.75) is 65.6 Å². The van der Waals surface area contributed by atoms with Gasteiger partial charge in [-0.15, -0.1) is 0 Å². The van der Waals surface area contributed by atoms with Crippen LogP contribution in [0.2, 0.25) is 6.82 Å². The second-order valence-corrected chi connectivity index (χ2v) is 7.41. The predicted octanol–water partition coefficient (Wildman–Crippen LogP) is 1.98. The lowest BCUT2D eigenvalue weighted by molar-refractivity contribution is -0.123. The Bertz CT molecular complexity index is 552. The van der Waals surface area contributed by atoms with Crippen LogP contribution >= 0.6 is 0 Å². The zero-order chi connectivity index (χ0) is 18.5. The summed E-state index contributed by atoms with van der Waals surface area (Å²) in [6, 6.07) is 7.55. The molecule has 0 fully saturated rings. The van der Waals surface area contributed by atoms with Gasteiger partial charge in [-0.05, 0) is 59.1 Å². The van der Waals surface area contributed by atoms with E-state index in [1.54, 1.807) is 19.9 Å². The van der Waals surface area contributed by atoms with Gasteiger partial charge in [0, 0.05) is 6.04 Å². The Morgan fingerprint density at radius 2 is 1.92 bits per heavy atom. The van der Waals surface area contributed by atoms with Crippen molar-refractivity contribution >= 4 is 18.3 Å². The maximum Gasteiger partial charge on any atom is 0.324 e. The maximum absolute atomic E-state index is 11.7. The molecular weight excluding hydrogens is 305 g/mol. The van der Waals surface area contributed by atoms with Crippen molar-refractivity contribution in [2.75, 3.05) is 6.61 Å². The van der Waals surface area contributed by atoms with Gasteiger partial charge in [0.25, 0.3) is 5.91 Å². The van der Waals surface area contributed by atoms with Gasteiger partial charge < -0.3 is 19.8 Å². The van der Waals surface area contributed by atoms with Crippen molar-refractivity contribution in [1.82, 2.24) is 5.32 Å². The standard InChI is InChI=1S/C18H30BNO4/c1-13(2)20-16(21)12-23-15-10-8-9-14(11-15)19(7)24-18(5,6)17(3,4)22/h8-11,13,22H,12H2,1-7H3,(H,20,21). The van der Waals surface area contributed by atoms with Gasteiger partial charge in [0.2, 0.25) is 0 Å². The summed E-state index contributed by atoms with van der Waals surface area (Å²) >= 11 is 0. The molecule has 0 aliphatic heterocycles. The Labute approximate surface area is 145 Å². The zero-order valence-electron chi connectivity index (χ0n) is 15.8. The number of carbonyl (C=O) groups is 1. The smallest absolute Gasteiger partial charge is 0.324 e. The molecule has 1 aromatic rings. The van der Waals surface area contributed by atoms with Crippen LogP contribution in [0.15, 0.2) is 24.3 Å². The van der Waals surface area contributed by atoms with Gasteiger partial charge in [0.1, 0.15) is 5.75 Å². The van der Waals surface area contributed by atoms with E-state index in [0.717, 1.165) is 5.46 Å². The largest absolute Gasteiger partial charge is 0.484 e. The monoisotopic (exact) mass is 335 g/mol. The first kappa shape index (κ1) is 20.5. The van der Waals surface area contributed by atoms with Gasteiger partial charge in [-0.25, -0.2) is 0 Å². The minimum absolute atomic E-state index is 0.0218. The third kappa shape index (κ3) is 6.17. The Kier molecular flexibility index (Phi) is 6.87. The molecule has 0 spiro atoms. The van der Waals surface area contributed by atoms with Gasteiger partial charge in [-0.2, -0.15) is 0 Å². The second-order valence-electron chi connectivity index (χ2n) is 7.41. The molecule has 1 rings (SSSR count). The number of hydrogen-bond donors (Lipinski definition) is 2. The Balaban J connectivity index is 2.72. The molecule has 5 nitrogen and oxygen atoms in total. The molecule has 0 saturated heterocycles. The van der Waals surface area contributed by atoms with Gasteiger partial charge in [-0.3, -0.25) is 4.79 Å². The quantitative estimate of drug-likeness (QED) is 0.713. The molecule has 0 bridgehead atoms. The van der Waals surface area contributed by atoms with E-state index < -0.39 is 11.2 Å². The van der Waals surface area contributed by atoms with Gasteiger partial charge in [-0.1, -0.05) is 19.0 Å². The number of ether oxygens (including phenoxy) is 1. The fourth-order valence-electron chi connectivity index (χ4n) is 2.02. The van der Waals surface area contributed by atoms with Crippen LogP contribution in [0.3, 0.4) is 0 Å². The molecule has 24 heavy (non-hydrogen) atoms. The molecule has 2 N–H and O–H groups in total. The number of rotatable bonds is 8. The van der Waals surface area contributed by atoms with E-state index in [4.69, 9.17) is 9.39 Å². The summed E-state index contributed by atoms with van der Waals surface area (Å²) in [6.45, 7) is 12.7. The normalized spacial score (nSPS) is 12.2. The highest BCUT2D eigenvalue weighted by atomic mass is 16.5. The molecule has 1 aromatic carbocycles. The van der Waals surface area contributed by atoms with Crippen molar-refractivity contribution in [3.05, 3.63) is 24.3 Å². The maximum atomic E-state index is 11.7. The topological polar surface area (TPSA) is 67.8 Å². The Morgan fingerprint density at radius 1 is 1.29 bits per heavy atom. The van der Waals surface area contributed by atoms with E-state index in [1.165, 1.54) is 0 Å². The molecule has 0 atom stereocenters. The van der Waals surface area contributed by atoms with E-state index in [-0.39, 0.29) is 25.5 Å². The molecule has 1 amide bonds. The highest BCUT2D eigenvalue weighted by molar-refractivity contribution is 6.66. The number of carbonyl (C=O) groups excluding carboxylic acids is 1. The average Bonchev–Trinajstić information content (AvgIpc) is 2.43. The highest BCUT2D eigenvalue weighted by Crippen LogP contribution is 2.25. The lowest BCUT2D eigenvalue weighted by Gasteiger charge is -2.39. The Morgan fingerprint density at radius 3 is 2.46 bits per heavy atom. The Hall–Kier alpha value is -1.53. The minimum Gasteiger partial charge on any atom is -0.484 e. The van der Waals surface area contributed by atoms with Crippen LogP contribution in [-0.4, -0.2) is 41.8 Å². The van der Waals surface area contributed by atoms with Gasteiger partial charge in [0.15, 0.2) is 6.61 Å². The first-order valence-electron chi connectivity index (χ1n) is 8.34. The van der Waals surface area contributed by atoms with Gasteiger partial charge >= 0.3 is 6.92 Å². The number of aliphatic hydroxyl groups is 1. The molecular formula is C18H30BNO4. The van der Waals surface area contributed by atoms with Gasteiger partial charge in [0.05, 0.1) is 11.2 Å². The van der Waals surface area contributed by atoms with E-state index in [9.17, 15) is 9.90 Å². The van der Waals surface area contributed by atoms with Crippen molar-refractivity contribution in [1.29, 1.82) is 0 Å². The number of nitrogens with one attached hydrogen (secondary N) is 1. The lowest BCUT2D eigenvalue weighted by atomic mass is 9.62. The first-order chi connectivity index (χ1) is 10.9. The van der Waals surface area contributed by atoms with Crippen LogP contribution in [0.25, 0.3) is 0 Å². The first-order valence-corrected chi connectivity index (χ1v) is 8.34. The molecule has 0 saturated carbocycles. The van der Waals surface area contributed by atoms with Crippen molar-refractivity contribution < 1.29 is 19.3 Å². The number of benzene rings is 1. The van der Waals surface area contributed by atoms with E-state index in [2.05, 4.69) is 5.32 Å². The average molecular weight is 335 g/mol. The zero-order valence-corrected chi connectivity index (χ0v) is 15.8. The number of amides is 1. The van der Waals surface area contributed by atoms with E-state index in [1.807, 2.05) is 52.7 Å². The molecule has 0 heterocycles. The van der Waals surface area contributed by atoms with Crippen LogP contribution in [-0.2, 0) is 9.45 Å². The van der Waals surface area contributed by atoms with Crippen LogP contribution < -0.4 is 15.5 Å². The summed E-state index contributed by atoms with van der Waals surface area (Å²) in [6.07, 6.45) is 0. The minimum atomic E-state index is -0.968. The summed E-state index contributed by atoms with van der Waals surface area (Å²) in [5.41, 5.74) is -0.751. The fraction of sp³-hybridized carbons (Fsp3) is 0.611. The van der Waals surface area contributed by atoms with Crippen molar-refractivity contribution in [2.24, 2.45) is 0 Å². The van der Waals surface area contributed by atoms with Crippen molar-refractivity contribution in [3.63, 3.8) is 0 Å². The number of hydrogen-bond acceptors (Lipinski definition) is 4. The summed E-state index contributed by atoms with van der Waals surface area (Å²) in [4.78, 5) is 11.7. The summed E-state index contributed by atoms with van der Waals surface area (Å²) < 4.78 is 11.6. The molecule has 0 unspecified atom stereocenters. The summed E-state index contributed by atoms with van der Waals surface area (Å²) in [7, 11) is 0. The van der Waals surface area contributed by atoms with Crippen LogP contribution in [0.4, 0.5) is 0 Å². The third-order valence-corrected chi connectivity index (χ3v) is 4.09. The fourth-order valence-corrected chi connectivity index (χ4v) is 2.02. The molecule has 0 aliphatic carbocycles. The van der Waals surface area contributed by atoms with Crippen LogP contribution in [0, 0.1) is 0 Å². The summed E-state index contributed by atoms with van der Waals surface area (Å²) in [5, 5.41) is 13.0. The third-order valence-electron chi connectivity index (χ3n) is 4.09. The van der Waals surface area contributed by atoms with E-state index >= 15 is 0 Å². The second kappa shape index (κ2) is 8.03. The van der Waals surface area contributed by atoms with Crippen LogP contribution in [0.5, 0.6) is 5.75 Å². The summed E-state index contributed by atoms with van der Waals surface area (Å²) in [5.74, 6) is 0.464. The lowest BCUT2D eigenvalue weighted by Crippen LogP contribution is -2.52. The van der Waals surface area contributed by atoms with Crippen molar-refractivity contribution in [3.8, 4) is 5.75 Å².